The van der Waals surface area contributed by atoms with E-state index in [2.05, 4.69) is 4.98 Å². The highest BCUT2D eigenvalue weighted by Gasteiger charge is 2.32. The molecule has 0 aliphatic carbocycles. The topological polar surface area (TPSA) is 86.9 Å². The Labute approximate surface area is 95.8 Å². The van der Waals surface area contributed by atoms with Crippen LogP contribution in [0.1, 0.15) is 38.3 Å². The molecule has 1 aromatic heterocycles. The molecule has 1 rings (SSSR count). The van der Waals surface area contributed by atoms with Crippen LogP contribution in [0.2, 0.25) is 0 Å². The fourth-order valence-electron chi connectivity index (χ4n) is 1.92. The maximum absolute atomic E-state index is 11.6. The predicted octanol–water partition coefficient (Wildman–Crippen LogP) is 0.723. The standard InChI is InChI=1S/C11H20N4O/c1-7-6-15(8(5-12)14-7)9(10(13)16)11(2,3)4/h6,9H,5,12H2,1-4H3,(H2,13,16). The number of nitrogens with zero attached hydrogens (tertiary/aromatic N) is 2. The van der Waals surface area contributed by atoms with E-state index in [1.165, 1.54) is 0 Å². The maximum atomic E-state index is 11.6. The number of primary amides is 1. The minimum Gasteiger partial charge on any atom is -0.368 e. The zero-order valence-electron chi connectivity index (χ0n) is 10.3. The molecule has 0 fully saturated rings. The molecule has 1 atom stereocenters. The van der Waals surface area contributed by atoms with Crippen LogP contribution in [0.25, 0.3) is 0 Å². The van der Waals surface area contributed by atoms with E-state index >= 15 is 0 Å². The number of rotatable bonds is 3. The number of carbonyl (C=O) groups excluding carboxylic acids is 1. The third-order valence-electron chi connectivity index (χ3n) is 2.48. The normalized spacial score (nSPS) is 13.8. The predicted molar refractivity (Wildman–Crippen MR) is 62.5 cm³/mol. The lowest BCUT2D eigenvalue weighted by molar-refractivity contribution is -0.124. The lowest BCUT2D eigenvalue weighted by Crippen LogP contribution is -2.37. The van der Waals surface area contributed by atoms with Crippen LogP contribution in [0.5, 0.6) is 0 Å². The molecule has 1 aromatic rings. The molecule has 0 saturated carbocycles. The summed E-state index contributed by atoms with van der Waals surface area (Å²) in [5.74, 6) is 0.329. The highest BCUT2D eigenvalue weighted by Crippen LogP contribution is 2.31. The van der Waals surface area contributed by atoms with Gasteiger partial charge >= 0.3 is 0 Å². The lowest BCUT2D eigenvalue weighted by atomic mass is 9.86. The van der Waals surface area contributed by atoms with Gasteiger partial charge in [0.1, 0.15) is 11.9 Å². The van der Waals surface area contributed by atoms with Crippen molar-refractivity contribution in [3.05, 3.63) is 17.7 Å². The molecular formula is C11H20N4O. The summed E-state index contributed by atoms with van der Waals surface area (Å²) in [6.45, 7) is 8.08. The smallest absolute Gasteiger partial charge is 0.241 e. The second kappa shape index (κ2) is 4.25. The van der Waals surface area contributed by atoms with Crippen molar-refractivity contribution in [1.82, 2.24) is 9.55 Å². The van der Waals surface area contributed by atoms with Crippen molar-refractivity contribution in [2.24, 2.45) is 16.9 Å². The summed E-state index contributed by atoms with van der Waals surface area (Å²) in [5.41, 5.74) is 11.7. The van der Waals surface area contributed by atoms with Gasteiger partial charge in [-0.25, -0.2) is 4.98 Å². The van der Waals surface area contributed by atoms with Gasteiger partial charge in [0.15, 0.2) is 0 Å². The van der Waals surface area contributed by atoms with E-state index in [4.69, 9.17) is 11.5 Å². The summed E-state index contributed by atoms with van der Waals surface area (Å²) >= 11 is 0. The quantitative estimate of drug-likeness (QED) is 0.793. The fourth-order valence-corrected chi connectivity index (χ4v) is 1.92. The lowest BCUT2D eigenvalue weighted by Gasteiger charge is -2.30. The van der Waals surface area contributed by atoms with Crippen LogP contribution in [-0.2, 0) is 11.3 Å². The third-order valence-corrected chi connectivity index (χ3v) is 2.48. The Morgan fingerprint density at radius 1 is 1.56 bits per heavy atom. The first-order chi connectivity index (χ1) is 7.27. The monoisotopic (exact) mass is 224 g/mol. The number of nitrogens with two attached hydrogens (primary N) is 2. The Morgan fingerprint density at radius 2 is 2.12 bits per heavy atom. The third kappa shape index (κ3) is 2.41. The first-order valence-corrected chi connectivity index (χ1v) is 5.31. The van der Waals surface area contributed by atoms with Crippen LogP contribution >= 0.6 is 0 Å². The second-order valence-electron chi connectivity index (χ2n) is 5.08. The average molecular weight is 224 g/mol. The zero-order chi connectivity index (χ0) is 12.5. The molecular weight excluding hydrogens is 204 g/mol. The van der Waals surface area contributed by atoms with Crippen molar-refractivity contribution in [1.29, 1.82) is 0 Å². The molecule has 1 heterocycles. The molecule has 4 N–H and O–H groups in total. The first kappa shape index (κ1) is 12.7. The summed E-state index contributed by atoms with van der Waals surface area (Å²) in [4.78, 5) is 15.8. The van der Waals surface area contributed by atoms with Crippen LogP contribution in [0.4, 0.5) is 0 Å². The van der Waals surface area contributed by atoms with Gasteiger partial charge in [-0.3, -0.25) is 4.79 Å². The minimum atomic E-state index is -0.424. The van der Waals surface area contributed by atoms with Crippen molar-refractivity contribution in [3.8, 4) is 0 Å². The number of amides is 1. The van der Waals surface area contributed by atoms with Gasteiger partial charge in [-0.1, -0.05) is 20.8 Å². The molecule has 0 spiro atoms. The van der Waals surface area contributed by atoms with E-state index in [-0.39, 0.29) is 11.3 Å². The van der Waals surface area contributed by atoms with Crippen LogP contribution in [0, 0.1) is 12.3 Å². The van der Waals surface area contributed by atoms with E-state index in [0.717, 1.165) is 5.69 Å². The molecule has 1 amide bonds. The van der Waals surface area contributed by atoms with Crippen molar-refractivity contribution in [3.63, 3.8) is 0 Å². The molecule has 0 bridgehead atoms. The minimum absolute atomic E-state index is 0.261. The zero-order valence-corrected chi connectivity index (χ0v) is 10.3. The molecule has 0 saturated heterocycles. The molecule has 1 unspecified atom stereocenters. The van der Waals surface area contributed by atoms with E-state index in [1.807, 2.05) is 33.9 Å². The van der Waals surface area contributed by atoms with E-state index in [1.54, 1.807) is 4.57 Å². The van der Waals surface area contributed by atoms with Crippen molar-refractivity contribution >= 4 is 5.91 Å². The molecule has 16 heavy (non-hydrogen) atoms. The van der Waals surface area contributed by atoms with E-state index in [0.29, 0.717) is 12.4 Å². The van der Waals surface area contributed by atoms with Crippen LogP contribution < -0.4 is 11.5 Å². The number of aromatic nitrogens is 2. The summed E-state index contributed by atoms with van der Waals surface area (Å²) in [5, 5.41) is 0. The molecule has 5 nitrogen and oxygen atoms in total. The maximum Gasteiger partial charge on any atom is 0.241 e. The van der Waals surface area contributed by atoms with Gasteiger partial charge in [0.05, 0.1) is 12.2 Å². The van der Waals surface area contributed by atoms with Crippen LogP contribution in [-0.4, -0.2) is 15.5 Å². The number of aryl methyl sites for hydroxylation is 1. The van der Waals surface area contributed by atoms with E-state index in [9.17, 15) is 4.79 Å². The Bertz CT molecular complexity index is 389. The fraction of sp³-hybridized carbons (Fsp3) is 0.636. The summed E-state index contributed by atoms with van der Waals surface area (Å²) in [7, 11) is 0. The molecule has 0 aliphatic heterocycles. The van der Waals surface area contributed by atoms with Gasteiger partial charge in [-0.15, -0.1) is 0 Å². The molecule has 5 heteroatoms. The number of hydrogen-bond donors (Lipinski definition) is 2. The number of imidazole rings is 1. The Kier molecular flexibility index (Phi) is 3.38. The molecule has 0 radical (unpaired) electrons. The van der Waals surface area contributed by atoms with Crippen molar-refractivity contribution in [2.45, 2.75) is 40.3 Å². The largest absolute Gasteiger partial charge is 0.368 e. The molecule has 0 aliphatic rings. The van der Waals surface area contributed by atoms with Gasteiger partial charge in [-0.05, 0) is 12.3 Å². The highest BCUT2D eigenvalue weighted by atomic mass is 16.1. The van der Waals surface area contributed by atoms with Crippen molar-refractivity contribution < 1.29 is 4.79 Å². The van der Waals surface area contributed by atoms with Crippen LogP contribution in [0.3, 0.4) is 0 Å². The molecule has 90 valence electrons. The average Bonchev–Trinajstić information content (AvgIpc) is 2.43. The van der Waals surface area contributed by atoms with Gasteiger partial charge in [0, 0.05) is 6.20 Å². The van der Waals surface area contributed by atoms with E-state index < -0.39 is 6.04 Å². The molecule has 0 aromatic carbocycles. The first-order valence-electron chi connectivity index (χ1n) is 5.31. The second-order valence-corrected chi connectivity index (χ2v) is 5.08. The van der Waals surface area contributed by atoms with Crippen LogP contribution in [0.15, 0.2) is 6.20 Å². The SMILES string of the molecule is Cc1cn(C(C(N)=O)C(C)(C)C)c(CN)n1. The Hall–Kier alpha value is -1.36. The van der Waals surface area contributed by atoms with Crippen molar-refractivity contribution in [2.75, 3.05) is 0 Å². The Morgan fingerprint density at radius 3 is 2.50 bits per heavy atom. The van der Waals surface area contributed by atoms with Gasteiger partial charge in [-0.2, -0.15) is 0 Å². The summed E-state index contributed by atoms with van der Waals surface area (Å²) in [6.07, 6.45) is 1.82. The van der Waals surface area contributed by atoms with Gasteiger partial charge in [0.2, 0.25) is 5.91 Å². The summed E-state index contributed by atoms with van der Waals surface area (Å²) < 4.78 is 1.79. The van der Waals surface area contributed by atoms with Gasteiger partial charge in [0.25, 0.3) is 0 Å². The highest BCUT2D eigenvalue weighted by molar-refractivity contribution is 5.79. The number of carbonyl (C=O) groups is 1. The Balaban J connectivity index is 3.26. The number of hydrogen-bond acceptors (Lipinski definition) is 3. The van der Waals surface area contributed by atoms with Gasteiger partial charge < -0.3 is 16.0 Å². The summed E-state index contributed by atoms with van der Waals surface area (Å²) in [6, 6.07) is -0.424.